The number of anilines is 4. The van der Waals surface area contributed by atoms with E-state index in [1.54, 1.807) is 11.8 Å². The molecule has 2 saturated heterocycles. The van der Waals surface area contributed by atoms with E-state index in [9.17, 15) is 47.0 Å². The molecule has 3 heterocycles. The van der Waals surface area contributed by atoms with Gasteiger partial charge in [0, 0.05) is 39.6 Å². The zero-order valence-corrected chi connectivity index (χ0v) is 30.7. The number of hydrogen-bond acceptors (Lipinski definition) is 10. The third-order valence-corrected chi connectivity index (χ3v) is 10.3. The van der Waals surface area contributed by atoms with Crippen LogP contribution >= 0.6 is 0 Å². The quantitative estimate of drug-likeness (QED) is 0.282. The lowest BCUT2D eigenvalue weighted by Gasteiger charge is -2.36. The fraction of sp³-hybridized carbons (Fsp3) is 0.543. The van der Waals surface area contributed by atoms with E-state index in [0.717, 1.165) is 40.2 Å². The number of nitrogens with zero attached hydrogens (tertiary/aromatic N) is 8. The SMILES string of the molecule is CCN(CC)c1ncc(N(CC)C(=O)C(F)(F)F)c(N[C@@H](Cc2ccc(N3C(=O)C(N4C(=O)N(C)C5(CCCCC5)C4=O)N(CC)C3=O)cc2)C(=O)O)n1. The van der Waals surface area contributed by atoms with Crippen molar-refractivity contribution < 1.29 is 47.0 Å². The van der Waals surface area contributed by atoms with E-state index in [-0.39, 0.29) is 36.1 Å². The van der Waals surface area contributed by atoms with Gasteiger partial charge in [-0.3, -0.25) is 19.3 Å². The highest BCUT2D eigenvalue weighted by Gasteiger charge is 2.62. The van der Waals surface area contributed by atoms with Crippen LogP contribution in [0.5, 0.6) is 0 Å². The van der Waals surface area contributed by atoms with Crippen LogP contribution in [-0.2, 0) is 25.6 Å². The molecule has 1 unspecified atom stereocenters. The monoisotopic (exact) mass is 759 g/mol. The number of aliphatic carboxylic acids is 1. The zero-order chi connectivity index (χ0) is 39.7. The number of nitrogens with one attached hydrogen (secondary N) is 1. The molecular weight excluding hydrogens is 715 g/mol. The molecule has 2 aromatic rings. The van der Waals surface area contributed by atoms with Crippen molar-refractivity contribution in [3.63, 3.8) is 0 Å². The third kappa shape index (κ3) is 6.98. The first-order chi connectivity index (χ1) is 25.6. The van der Waals surface area contributed by atoms with Crippen molar-refractivity contribution in [3.05, 3.63) is 36.0 Å². The summed E-state index contributed by atoms with van der Waals surface area (Å²) < 4.78 is 40.6. The van der Waals surface area contributed by atoms with Crippen molar-refractivity contribution in [3.8, 4) is 0 Å². The van der Waals surface area contributed by atoms with Gasteiger partial charge in [-0.15, -0.1) is 0 Å². The topological polar surface area (TPSA) is 180 Å². The highest BCUT2D eigenvalue weighted by molar-refractivity contribution is 6.24. The largest absolute Gasteiger partial charge is 0.480 e. The summed E-state index contributed by atoms with van der Waals surface area (Å²) in [4.78, 5) is 94.6. The van der Waals surface area contributed by atoms with Crippen LogP contribution in [0.25, 0.3) is 0 Å². The number of amides is 7. The molecule has 2 atom stereocenters. The average Bonchev–Trinajstić information content (AvgIpc) is 3.49. The number of rotatable bonds is 13. The summed E-state index contributed by atoms with van der Waals surface area (Å²) in [6.07, 6.45) is -2.58. The van der Waals surface area contributed by atoms with Crippen LogP contribution in [0.2, 0.25) is 0 Å². The molecule has 5 rings (SSSR count). The summed E-state index contributed by atoms with van der Waals surface area (Å²) in [7, 11) is 1.54. The second kappa shape index (κ2) is 15.5. The summed E-state index contributed by atoms with van der Waals surface area (Å²) in [5.74, 6) is -5.07. The molecule has 54 heavy (non-hydrogen) atoms. The van der Waals surface area contributed by atoms with E-state index >= 15 is 0 Å². The number of halogens is 3. The highest BCUT2D eigenvalue weighted by atomic mass is 19.4. The second-order valence-electron chi connectivity index (χ2n) is 13.3. The Morgan fingerprint density at radius 3 is 2.15 bits per heavy atom. The van der Waals surface area contributed by atoms with Crippen molar-refractivity contribution >= 4 is 58.9 Å². The number of alkyl halides is 3. The maximum atomic E-state index is 13.9. The molecular formula is C35H44F3N9O7. The van der Waals surface area contributed by atoms with Crippen LogP contribution in [0.4, 0.5) is 45.9 Å². The first-order valence-electron chi connectivity index (χ1n) is 17.9. The molecule has 292 valence electrons. The average molecular weight is 760 g/mol. The maximum Gasteiger partial charge on any atom is 0.471 e. The molecule has 1 aliphatic carbocycles. The predicted octanol–water partition coefficient (Wildman–Crippen LogP) is 4.06. The number of carbonyl (C=O) groups is 6. The first-order valence-corrected chi connectivity index (χ1v) is 17.9. The van der Waals surface area contributed by atoms with Crippen molar-refractivity contribution in [1.82, 2.24) is 24.7 Å². The fourth-order valence-electron chi connectivity index (χ4n) is 7.36. The van der Waals surface area contributed by atoms with Crippen LogP contribution in [0.1, 0.15) is 65.4 Å². The van der Waals surface area contributed by atoms with Crippen LogP contribution in [0.15, 0.2) is 30.5 Å². The highest BCUT2D eigenvalue weighted by Crippen LogP contribution is 2.42. The van der Waals surface area contributed by atoms with Crippen LogP contribution in [0, 0.1) is 0 Å². The van der Waals surface area contributed by atoms with Gasteiger partial charge < -0.3 is 25.1 Å². The first kappa shape index (κ1) is 39.7. The number of carboxylic acid groups (broad SMARTS) is 1. The summed E-state index contributed by atoms with van der Waals surface area (Å²) in [6.45, 7) is 7.05. The normalized spacial score (nSPS) is 19.2. The number of urea groups is 2. The van der Waals surface area contributed by atoms with Crippen molar-refractivity contribution in [2.45, 2.75) is 90.1 Å². The van der Waals surface area contributed by atoms with Gasteiger partial charge in [-0.1, -0.05) is 31.4 Å². The van der Waals surface area contributed by atoms with Gasteiger partial charge >= 0.3 is 30.1 Å². The molecule has 3 aliphatic rings. The smallest absolute Gasteiger partial charge is 0.471 e. The fourth-order valence-corrected chi connectivity index (χ4v) is 7.36. The predicted molar refractivity (Wildman–Crippen MR) is 190 cm³/mol. The van der Waals surface area contributed by atoms with Gasteiger partial charge in [0.05, 0.1) is 11.9 Å². The van der Waals surface area contributed by atoms with Gasteiger partial charge in [0.2, 0.25) is 5.95 Å². The Morgan fingerprint density at radius 1 is 0.981 bits per heavy atom. The van der Waals surface area contributed by atoms with Crippen LogP contribution < -0.4 is 20.0 Å². The molecule has 1 aromatic heterocycles. The Morgan fingerprint density at radius 2 is 1.61 bits per heavy atom. The van der Waals surface area contributed by atoms with Gasteiger partial charge in [-0.05, 0) is 58.2 Å². The number of hydrogen-bond donors (Lipinski definition) is 2. The molecule has 3 fully saturated rings. The van der Waals surface area contributed by atoms with Gasteiger partial charge in [0.15, 0.2) is 12.0 Å². The van der Waals surface area contributed by atoms with E-state index in [0.29, 0.717) is 36.4 Å². The molecule has 0 radical (unpaired) electrons. The zero-order valence-electron chi connectivity index (χ0n) is 30.7. The summed E-state index contributed by atoms with van der Waals surface area (Å²) in [5.41, 5.74) is -0.926. The van der Waals surface area contributed by atoms with E-state index in [4.69, 9.17) is 0 Å². The van der Waals surface area contributed by atoms with Gasteiger partial charge in [0.1, 0.15) is 17.3 Å². The Hall–Kier alpha value is -5.49. The minimum atomic E-state index is -5.22. The molecule has 19 heteroatoms. The lowest BCUT2D eigenvalue weighted by molar-refractivity contribution is -0.170. The van der Waals surface area contributed by atoms with E-state index < -0.39 is 66.2 Å². The lowest BCUT2D eigenvalue weighted by Crippen LogP contribution is -2.54. The van der Waals surface area contributed by atoms with Crippen molar-refractivity contribution in [2.75, 3.05) is 53.2 Å². The molecule has 0 bridgehead atoms. The van der Waals surface area contributed by atoms with Gasteiger partial charge in [0.25, 0.3) is 11.8 Å². The van der Waals surface area contributed by atoms with E-state index in [2.05, 4.69) is 15.3 Å². The molecule has 1 saturated carbocycles. The van der Waals surface area contributed by atoms with E-state index in [1.807, 2.05) is 13.8 Å². The van der Waals surface area contributed by atoms with Crippen molar-refractivity contribution in [2.24, 2.45) is 0 Å². The third-order valence-electron chi connectivity index (χ3n) is 10.3. The summed E-state index contributed by atoms with van der Waals surface area (Å²) >= 11 is 0. The van der Waals surface area contributed by atoms with Crippen LogP contribution in [-0.4, -0.2) is 123 Å². The second-order valence-corrected chi connectivity index (χ2v) is 13.3. The van der Waals surface area contributed by atoms with Gasteiger partial charge in [-0.25, -0.2) is 29.2 Å². The Balaban J connectivity index is 1.41. The van der Waals surface area contributed by atoms with Crippen LogP contribution in [0.3, 0.4) is 0 Å². The van der Waals surface area contributed by atoms with Crippen molar-refractivity contribution in [1.29, 1.82) is 0 Å². The number of carbonyl (C=O) groups excluding carboxylic acids is 5. The summed E-state index contributed by atoms with van der Waals surface area (Å²) in [6, 6.07) is 2.91. The molecule has 1 spiro atoms. The molecule has 7 amide bonds. The van der Waals surface area contributed by atoms with E-state index in [1.165, 1.54) is 43.1 Å². The maximum absolute atomic E-state index is 13.9. The number of imide groups is 2. The number of carboxylic acids is 1. The number of likely N-dealkylation sites (N-methyl/N-ethyl adjacent to an activating group) is 2. The Bertz CT molecular complexity index is 1800. The van der Waals surface area contributed by atoms with Gasteiger partial charge in [-0.2, -0.15) is 18.2 Å². The number of aromatic nitrogens is 2. The minimum Gasteiger partial charge on any atom is -0.480 e. The Kier molecular flexibility index (Phi) is 11.4. The molecule has 1 aromatic carbocycles. The number of benzene rings is 1. The lowest BCUT2D eigenvalue weighted by atomic mass is 9.80. The Labute approximate surface area is 309 Å². The molecule has 2 aliphatic heterocycles. The summed E-state index contributed by atoms with van der Waals surface area (Å²) in [5, 5.41) is 12.9. The minimum absolute atomic E-state index is 0.0224. The molecule has 16 nitrogen and oxygen atoms in total. The standard InChI is InChI=1S/C35H44F3N9O7/c1-6-43(7-2)31-39-20-24(44(8-3)30(52)35(36,37)38)25(41-31)40-23(28(49)50)19-21-13-15-22(16-14-21)46-27(48)26(45(9-4)33(46)54)47-29(51)34(42(5)32(47)53)17-11-10-12-18-34/h13-16,20,23,26H,6-12,17-19H2,1-5H3,(H,49,50)(H,39,40,41)/t23-,26?/m0/s1. The molecule has 2 N–H and O–H groups in total.